The molecule has 0 fully saturated rings. The molecular formula is C11H10NO2+. The molecule has 14 heavy (non-hydrogen) atoms. The number of nitrogens with zero attached hydrogens (tertiary/aromatic N) is 1. The van der Waals surface area contributed by atoms with Crippen LogP contribution in [0.15, 0.2) is 53.4 Å². The second-order valence-electron chi connectivity index (χ2n) is 2.95. The number of hydrogen-bond donors (Lipinski definition) is 0. The lowest BCUT2D eigenvalue weighted by Crippen LogP contribution is -2.36. The van der Waals surface area contributed by atoms with Gasteiger partial charge in [-0.05, 0) is 12.1 Å². The number of furan rings is 1. The quantitative estimate of drug-likeness (QED) is 0.539. The van der Waals surface area contributed by atoms with Gasteiger partial charge < -0.3 is 4.42 Å². The average Bonchev–Trinajstić information content (AvgIpc) is 2.72. The van der Waals surface area contributed by atoms with Gasteiger partial charge in [0.05, 0.1) is 6.26 Å². The lowest BCUT2D eigenvalue weighted by molar-refractivity contribution is -0.683. The second-order valence-corrected chi connectivity index (χ2v) is 2.95. The van der Waals surface area contributed by atoms with Crippen molar-refractivity contribution in [2.45, 2.75) is 6.54 Å². The van der Waals surface area contributed by atoms with Gasteiger partial charge in [-0.2, -0.15) is 4.57 Å². The van der Waals surface area contributed by atoms with Crippen LogP contribution in [0, 0.1) is 0 Å². The number of ketones is 1. The SMILES string of the molecule is O=C(C[n+]1ccccc1)c1ccco1. The Hall–Kier alpha value is -1.90. The van der Waals surface area contributed by atoms with E-state index >= 15 is 0 Å². The Balaban J connectivity index is 2.10. The van der Waals surface area contributed by atoms with Crippen molar-refractivity contribution >= 4 is 5.78 Å². The first kappa shape index (κ1) is 8.69. The van der Waals surface area contributed by atoms with Crippen molar-refractivity contribution < 1.29 is 13.8 Å². The highest BCUT2D eigenvalue weighted by Gasteiger charge is 2.13. The number of Topliss-reactive ketones (excluding diaryl/α,β-unsaturated/α-hetero) is 1. The molecule has 3 heteroatoms. The summed E-state index contributed by atoms with van der Waals surface area (Å²) in [6, 6.07) is 9.06. The highest BCUT2D eigenvalue weighted by Crippen LogP contribution is 2.00. The van der Waals surface area contributed by atoms with Crippen LogP contribution in [0.1, 0.15) is 10.6 Å². The minimum atomic E-state index is -0.0220. The molecule has 0 aliphatic carbocycles. The summed E-state index contributed by atoms with van der Waals surface area (Å²) in [5, 5.41) is 0. The van der Waals surface area contributed by atoms with Gasteiger partial charge in [0, 0.05) is 12.1 Å². The molecule has 0 N–H and O–H groups in total. The molecule has 0 atom stereocenters. The minimum absolute atomic E-state index is 0.0220. The molecule has 2 heterocycles. The second kappa shape index (κ2) is 3.87. The number of rotatable bonds is 3. The Bertz CT molecular complexity index is 406. The van der Waals surface area contributed by atoms with Crippen LogP contribution in [0.25, 0.3) is 0 Å². The van der Waals surface area contributed by atoms with Crippen LogP contribution in [0.5, 0.6) is 0 Å². The molecule has 0 bridgehead atoms. The van der Waals surface area contributed by atoms with Crippen LogP contribution in [-0.4, -0.2) is 5.78 Å². The summed E-state index contributed by atoms with van der Waals surface area (Å²) in [6.07, 6.45) is 5.20. The van der Waals surface area contributed by atoms with Crippen LogP contribution in [0.3, 0.4) is 0 Å². The lowest BCUT2D eigenvalue weighted by atomic mass is 10.3. The molecule has 0 spiro atoms. The van der Waals surface area contributed by atoms with Gasteiger partial charge in [-0.1, -0.05) is 6.07 Å². The Morgan fingerprint density at radius 3 is 2.64 bits per heavy atom. The predicted octanol–water partition coefficient (Wildman–Crippen LogP) is 1.45. The van der Waals surface area contributed by atoms with E-state index in [9.17, 15) is 4.79 Å². The fraction of sp³-hybridized carbons (Fsp3) is 0.0909. The zero-order chi connectivity index (χ0) is 9.80. The lowest BCUT2D eigenvalue weighted by Gasteiger charge is -1.92. The van der Waals surface area contributed by atoms with Gasteiger partial charge in [-0.3, -0.25) is 4.79 Å². The van der Waals surface area contributed by atoms with Gasteiger partial charge in [-0.25, -0.2) is 0 Å². The molecular weight excluding hydrogens is 178 g/mol. The van der Waals surface area contributed by atoms with Crippen molar-refractivity contribution in [2.24, 2.45) is 0 Å². The molecule has 0 amide bonds. The van der Waals surface area contributed by atoms with Crippen LogP contribution < -0.4 is 4.57 Å². The van der Waals surface area contributed by atoms with Gasteiger partial charge in [-0.15, -0.1) is 0 Å². The molecule has 0 unspecified atom stereocenters. The van der Waals surface area contributed by atoms with Crippen molar-refractivity contribution in [1.82, 2.24) is 0 Å². The van der Waals surface area contributed by atoms with Gasteiger partial charge in [0.1, 0.15) is 0 Å². The van der Waals surface area contributed by atoms with E-state index in [4.69, 9.17) is 4.42 Å². The van der Waals surface area contributed by atoms with Crippen LogP contribution >= 0.6 is 0 Å². The molecule has 2 rings (SSSR count). The van der Waals surface area contributed by atoms with E-state index in [0.717, 1.165) is 0 Å². The molecule has 3 nitrogen and oxygen atoms in total. The molecule has 0 aliphatic rings. The van der Waals surface area contributed by atoms with Gasteiger partial charge in [0.2, 0.25) is 6.54 Å². The zero-order valence-corrected chi connectivity index (χ0v) is 7.59. The Labute approximate surface area is 81.6 Å². The van der Waals surface area contributed by atoms with Gasteiger partial charge >= 0.3 is 0 Å². The van der Waals surface area contributed by atoms with Crippen molar-refractivity contribution in [3.63, 3.8) is 0 Å². The summed E-state index contributed by atoms with van der Waals surface area (Å²) in [4.78, 5) is 11.6. The summed E-state index contributed by atoms with van der Waals surface area (Å²) >= 11 is 0. The largest absolute Gasteiger partial charge is 0.461 e. The fourth-order valence-corrected chi connectivity index (χ4v) is 1.22. The van der Waals surface area contributed by atoms with E-state index in [1.165, 1.54) is 6.26 Å². The smallest absolute Gasteiger partial charge is 0.262 e. The molecule has 0 saturated carbocycles. The normalized spacial score (nSPS) is 10.0. The molecule has 0 radical (unpaired) electrons. The Morgan fingerprint density at radius 1 is 1.21 bits per heavy atom. The Morgan fingerprint density at radius 2 is 2.00 bits per heavy atom. The van der Waals surface area contributed by atoms with Gasteiger partial charge in [0.25, 0.3) is 5.78 Å². The van der Waals surface area contributed by atoms with Crippen LogP contribution in [-0.2, 0) is 6.54 Å². The van der Waals surface area contributed by atoms with Crippen LogP contribution in [0.2, 0.25) is 0 Å². The summed E-state index contributed by atoms with van der Waals surface area (Å²) < 4.78 is 6.81. The molecule has 0 saturated heterocycles. The van der Waals surface area contributed by atoms with Gasteiger partial charge in [0.15, 0.2) is 18.2 Å². The average molecular weight is 188 g/mol. The number of hydrogen-bond acceptors (Lipinski definition) is 2. The third kappa shape index (κ3) is 1.88. The zero-order valence-electron chi connectivity index (χ0n) is 7.59. The summed E-state index contributed by atoms with van der Waals surface area (Å²) in [7, 11) is 0. The van der Waals surface area contributed by atoms with Crippen molar-refractivity contribution in [1.29, 1.82) is 0 Å². The van der Waals surface area contributed by atoms with E-state index in [1.807, 2.05) is 35.2 Å². The monoisotopic (exact) mass is 188 g/mol. The molecule has 2 aromatic heterocycles. The number of carbonyl (C=O) groups excluding carboxylic acids is 1. The van der Waals surface area contributed by atoms with E-state index in [-0.39, 0.29) is 5.78 Å². The Kier molecular flexibility index (Phi) is 2.40. The first-order valence-electron chi connectivity index (χ1n) is 4.37. The number of aromatic nitrogens is 1. The standard InChI is InChI=1S/C11H10NO2/c13-10(11-5-4-8-14-11)9-12-6-2-1-3-7-12/h1-8H,9H2/q+1. The topological polar surface area (TPSA) is 34.1 Å². The van der Waals surface area contributed by atoms with Crippen molar-refractivity contribution in [3.05, 3.63) is 54.7 Å². The van der Waals surface area contributed by atoms with E-state index in [0.29, 0.717) is 12.3 Å². The first-order valence-corrected chi connectivity index (χ1v) is 4.37. The first-order chi connectivity index (χ1) is 6.86. The molecule has 0 aromatic carbocycles. The third-order valence-corrected chi connectivity index (χ3v) is 1.90. The molecule has 2 aromatic rings. The summed E-state index contributed by atoms with van der Waals surface area (Å²) in [5.41, 5.74) is 0. The van der Waals surface area contributed by atoms with Crippen LogP contribution in [0.4, 0.5) is 0 Å². The third-order valence-electron chi connectivity index (χ3n) is 1.90. The maximum Gasteiger partial charge on any atom is 0.262 e. The fourth-order valence-electron chi connectivity index (χ4n) is 1.22. The minimum Gasteiger partial charge on any atom is -0.461 e. The molecule has 0 aliphatic heterocycles. The highest BCUT2D eigenvalue weighted by atomic mass is 16.3. The van der Waals surface area contributed by atoms with E-state index in [1.54, 1.807) is 12.1 Å². The van der Waals surface area contributed by atoms with E-state index < -0.39 is 0 Å². The number of carbonyl (C=O) groups is 1. The van der Waals surface area contributed by atoms with E-state index in [2.05, 4.69) is 0 Å². The summed E-state index contributed by atoms with van der Waals surface area (Å²) in [5.74, 6) is 0.382. The molecule has 70 valence electrons. The summed E-state index contributed by atoms with van der Waals surface area (Å²) in [6.45, 7) is 0.314. The number of pyridine rings is 1. The van der Waals surface area contributed by atoms with Crippen molar-refractivity contribution in [2.75, 3.05) is 0 Å². The van der Waals surface area contributed by atoms with Crippen molar-refractivity contribution in [3.8, 4) is 0 Å². The maximum absolute atomic E-state index is 11.6. The highest BCUT2D eigenvalue weighted by molar-refractivity contribution is 5.92. The predicted molar refractivity (Wildman–Crippen MR) is 49.7 cm³/mol. The maximum atomic E-state index is 11.6.